The first-order chi connectivity index (χ1) is 9.95. The molecule has 0 radical (unpaired) electrons. The highest BCUT2D eigenvalue weighted by molar-refractivity contribution is 7.86. The Morgan fingerprint density at radius 3 is 2.57 bits per heavy atom. The molecule has 2 heterocycles. The van der Waals surface area contributed by atoms with E-state index in [2.05, 4.69) is 18.7 Å². The van der Waals surface area contributed by atoms with Gasteiger partial charge in [0, 0.05) is 38.3 Å². The van der Waals surface area contributed by atoms with Crippen LogP contribution in [0, 0.1) is 5.92 Å². The molecule has 0 bridgehead atoms. The van der Waals surface area contributed by atoms with Crippen molar-refractivity contribution in [1.29, 1.82) is 0 Å². The maximum absolute atomic E-state index is 13.1. The molecule has 2 aliphatic heterocycles. The van der Waals surface area contributed by atoms with E-state index in [0.29, 0.717) is 18.5 Å². The third-order valence-corrected chi connectivity index (χ3v) is 7.85. The Labute approximate surface area is 129 Å². The fourth-order valence-corrected chi connectivity index (χ4v) is 5.80. The van der Waals surface area contributed by atoms with Gasteiger partial charge in [-0.25, -0.2) is 0 Å². The number of fused-ring (bicyclic) bond motifs is 1. The van der Waals surface area contributed by atoms with Gasteiger partial charge in [0.05, 0.1) is 0 Å². The molecule has 1 aliphatic carbocycles. The number of hydrogen-bond acceptors (Lipinski definition) is 3. The molecule has 122 valence electrons. The first kappa shape index (κ1) is 15.7. The van der Waals surface area contributed by atoms with Gasteiger partial charge in [-0.2, -0.15) is 17.0 Å². The average molecular weight is 315 g/mol. The van der Waals surface area contributed by atoms with Crippen molar-refractivity contribution in [3.8, 4) is 0 Å². The second-order valence-corrected chi connectivity index (χ2v) is 8.97. The minimum Gasteiger partial charge on any atom is -0.297 e. The SMILES string of the molecule is CC[C@@H]1CN2CCC[C@@H]2CN1S(=O)(=O)N(C)[C@H](C)C1CC1. The van der Waals surface area contributed by atoms with E-state index in [1.165, 1.54) is 19.3 Å². The molecule has 0 aromatic rings. The second kappa shape index (κ2) is 5.80. The van der Waals surface area contributed by atoms with Crippen LogP contribution in [0.4, 0.5) is 0 Å². The zero-order chi connectivity index (χ0) is 15.2. The van der Waals surface area contributed by atoms with E-state index >= 15 is 0 Å². The van der Waals surface area contributed by atoms with Gasteiger partial charge in [0.25, 0.3) is 10.2 Å². The highest BCUT2D eigenvalue weighted by atomic mass is 32.2. The van der Waals surface area contributed by atoms with E-state index in [1.54, 1.807) is 15.7 Å². The van der Waals surface area contributed by atoms with Gasteiger partial charge in [0.1, 0.15) is 0 Å². The van der Waals surface area contributed by atoms with Crippen molar-refractivity contribution >= 4 is 10.2 Å². The van der Waals surface area contributed by atoms with Crippen LogP contribution in [0.2, 0.25) is 0 Å². The third kappa shape index (κ3) is 2.87. The lowest BCUT2D eigenvalue weighted by Crippen LogP contribution is -2.60. The highest BCUT2D eigenvalue weighted by Gasteiger charge is 2.44. The zero-order valence-electron chi connectivity index (χ0n) is 13.5. The summed E-state index contributed by atoms with van der Waals surface area (Å²) in [6.07, 6.45) is 5.60. The second-order valence-electron chi connectivity index (χ2n) is 7.02. The number of nitrogens with zero attached hydrogens (tertiary/aromatic N) is 3. The van der Waals surface area contributed by atoms with Gasteiger partial charge in [-0.1, -0.05) is 6.92 Å². The molecule has 21 heavy (non-hydrogen) atoms. The van der Waals surface area contributed by atoms with E-state index in [0.717, 1.165) is 25.9 Å². The summed E-state index contributed by atoms with van der Waals surface area (Å²) in [4.78, 5) is 2.49. The van der Waals surface area contributed by atoms with Crippen LogP contribution >= 0.6 is 0 Å². The van der Waals surface area contributed by atoms with Crippen LogP contribution in [0.1, 0.15) is 46.0 Å². The smallest absolute Gasteiger partial charge is 0.282 e. The summed E-state index contributed by atoms with van der Waals surface area (Å²) in [7, 11) is -1.56. The molecule has 0 spiro atoms. The Bertz CT molecular complexity index is 477. The van der Waals surface area contributed by atoms with E-state index < -0.39 is 10.2 Å². The minimum absolute atomic E-state index is 0.133. The van der Waals surface area contributed by atoms with Gasteiger partial charge >= 0.3 is 0 Å². The summed E-state index contributed by atoms with van der Waals surface area (Å²) in [6.45, 7) is 6.90. The monoisotopic (exact) mass is 315 g/mol. The van der Waals surface area contributed by atoms with Gasteiger partial charge in [0.15, 0.2) is 0 Å². The molecule has 0 aromatic heterocycles. The van der Waals surface area contributed by atoms with Crippen LogP contribution in [0.25, 0.3) is 0 Å². The van der Waals surface area contributed by atoms with Gasteiger partial charge in [-0.15, -0.1) is 0 Å². The summed E-state index contributed by atoms with van der Waals surface area (Å²) in [6, 6.07) is 0.708. The summed E-state index contributed by atoms with van der Waals surface area (Å²) in [5.74, 6) is 0.567. The Balaban J connectivity index is 1.78. The molecular weight excluding hydrogens is 286 g/mol. The van der Waals surface area contributed by atoms with Crippen molar-refractivity contribution in [3.05, 3.63) is 0 Å². The van der Waals surface area contributed by atoms with Crippen LogP contribution in [0.3, 0.4) is 0 Å². The fraction of sp³-hybridized carbons (Fsp3) is 1.00. The lowest BCUT2D eigenvalue weighted by Gasteiger charge is -2.44. The molecule has 1 saturated carbocycles. The van der Waals surface area contributed by atoms with Crippen LogP contribution in [0.5, 0.6) is 0 Å². The van der Waals surface area contributed by atoms with Gasteiger partial charge in [-0.3, -0.25) is 4.90 Å². The average Bonchev–Trinajstić information content (AvgIpc) is 3.22. The fourth-order valence-electron chi connectivity index (χ4n) is 3.93. The van der Waals surface area contributed by atoms with Crippen LogP contribution in [0.15, 0.2) is 0 Å². The molecule has 6 heteroatoms. The van der Waals surface area contributed by atoms with E-state index in [4.69, 9.17) is 0 Å². The summed E-state index contributed by atoms with van der Waals surface area (Å²) >= 11 is 0. The van der Waals surface area contributed by atoms with Crippen LogP contribution in [-0.4, -0.2) is 66.7 Å². The van der Waals surface area contributed by atoms with Crippen molar-refractivity contribution in [2.45, 2.75) is 64.1 Å². The van der Waals surface area contributed by atoms with Crippen molar-refractivity contribution in [3.63, 3.8) is 0 Å². The van der Waals surface area contributed by atoms with Crippen molar-refractivity contribution < 1.29 is 8.42 Å². The maximum atomic E-state index is 13.1. The topological polar surface area (TPSA) is 43.9 Å². The van der Waals surface area contributed by atoms with Crippen molar-refractivity contribution in [2.24, 2.45) is 5.92 Å². The van der Waals surface area contributed by atoms with E-state index in [1.807, 2.05) is 0 Å². The molecule has 0 amide bonds. The molecule has 3 aliphatic rings. The largest absolute Gasteiger partial charge is 0.297 e. The van der Waals surface area contributed by atoms with Crippen LogP contribution < -0.4 is 0 Å². The molecule has 0 unspecified atom stereocenters. The number of rotatable bonds is 5. The Morgan fingerprint density at radius 1 is 1.24 bits per heavy atom. The molecule has 3 atom stereocenters. The Morgan fingerprint density at radius 2 is 1.95 bits per heavy atom. The first-order valence-electron chi connectivity index (χ1n) is 8.44. The summed E-state index contributed by atoms with van der Waals surface area (Å²) in [5.41, 5.74) is 0. The molecule has 3 fully saturated rings. The van der Waals surface area contributed by atoms with Crippen molar-refractivity contribution in [1.82, 2.24) is 13.5 Å². The normalized spacial score (nSPS) is 33.3. The Kier molecular flexibility index (Phi) is 4.34. The lowest BCUT2D eigenvalue weighted by atomic mass is 10.1. The number of piperazine rings is 1. The molecule has 5 nitrogen and oxygen atoms in total. The van der Waals surface area contributed by atoms with Gasteiger partial charge in [0.2, 0.25) is 0 Å². The van der Waals surface area contributed by atoms with E-state index in [-0.39, 0.29) is 12.1 Å². The molecule has 2 saturated heterocycles. The van der Waals surface area contributed by atoms with Gasteiger partial charge in [-0.05, 0) is 51.5 Å². The predicted molar refractivity (Wildman–Crippen MR) is 84.2 cm³/mol. The Hall–Kier alpha value is -0.170. The maximum Gasteiger partial charge on any atom is 0.282 e. The molecule has 0 N–H and O–H groups in total. The zero-order valence-corrected chi connectivity index (χ0v) is 14.3. The predicted octanol–water partition coefficient (Wildman–Crippen LogP) is 1.52. The molecule has 0 aromatic carbocycles. The van der Waals surface area contributed by atoms with Crippen molar-refractivity contribution in [2.75, 3.05) is 26.7 Å². The molecular formula is C15H29N3O2S. The standard InChI is InChI=1S/C15H29N3O2S/c1-4-14-10-17-9-5-6-15(17)11-18(14)21(19,20)16(3)12(2)13-7-8-13/h12-15H,4-11H2,1-3H3/t12-,14-,15-/m1/s1. The molecule has 3 rings (SSSR count). The van der Waals surface area contributed by atoms with E-state index in [9.17, 15) is 8.42 Å². The summed E-state index contributed by atoms with van der Waals surface area (Å²) < 4.78 is 29.5. The lowest BCUT2D eigenvalue weighted by molar-refractivity contribution is 0.100. The van der Waals surface area contributed by atoms with Gasteiger partial charge < -0.3 is 0 Å². The quantitative estimate of drug-likeness (QED) is 0.772. The minimum atomic E-state index is -3.33. The first-order valence-corrected chi connectivity index (χ1v) is 9.83. The summed E-state index contributed by atoms with van der Waals surface area (Å²) in [5, 5.41) is 0. The number of hydrogen-bond donors (Lipinski definition) is 0. The third-order valence-electron chi connectivity index (χ3n) is 5.75. The highest BCUT2D eigenvalue weighted by Crippen LogP contribution is 2.37. The van der Waals surface area contributed by atoms with Crippen LogP contribution in [-0.2, 0) is 10.2 Å².